The van der Waals surface area contributed by atoms with Gasteiger partial charge < -0.3 is 5.32 Å². The minimum atomic E-state index is -0.219. The maximum atomic E-state index is 11.8. The van der Waals surface area contributed by atoms with Crippen molar-refractivity contribution in [3.63, 3.8) is 0 Å². The van der Waals surface area contributed by atoms with E-state index < -0.39 is 0 Å². The molecule has 0 saturated heterocycles. The van der Waals surface area contributed by atoms with Crippen LogP contribution in [0.15, 0.2) is 40.0 Å². The van der Waals surface area contributed by atoms with E-state index >= 15 is 0 Å². The molecule has 0 aromatic rings. The Labute approximate surface area is 108 Å². The first-order valence-corrected chi connectivity index (χ1v) is 5.85. The highest BCUT2D eigenvalue weighted by atomic mass is 35.5. The predicted octanol–water partition coefficient (Wildman–Crippen LogP) is 3.19. The van der Waals surface area contributed by atoms with Gasteiger partial charge in [0.15, 0.2) is 0 Å². The average molecular weight is 255 g/mol. The van der Waals surface area contributed by atoms with Gasteiger partial charge in [-0.2, -0.15) is 0 Å². The molecule has 0 aromatic heterocycles. The van der Waals surface area contributed by atoms with Crippen LogP contribution in [0, 0.1) is 0 Å². The molecule has 0 unspecified atom stereocenters. The fourth-order valence-corrected chi connectivity index (χ4v) is 1.27. The van der Waals surface area contributed by atoms with Crippen LogP contribution in [0.1, 0.15) is 26.7 Å². The lowest BCUT2D eigenvalue weighted by Crippen LogP contribution is -2.23. The van der Waals surface area contributed by atoms with E-state index in [1.165, 1.54) is 6.21 Å². The molecule has 0 bridgehead atoms. The third-order valence-corrected chi connectivity index (χ3v) is 1.94. The van der Waals surface area contributed by atoms with Crippen molar-refractivity contribution >= 4 is 23.7 Å². The maximum absolute atomic E-state index is 11.8. The molecule has 0 rings (SSSR count). The Balaban J connectivity index is 4.64. The summed E-state index contributed by atoms with van der Waals surface area (Å²) in [6.45, 7) is 7.46. The fraction of sp³-hybridized carbons (Fsp3) is 0.385. The zero-order chi connectivity index (χ0) is 13.3. The van der Waals surface area contributed by atoms with Gasteiger partial charge in [0.2, 0.25) is 0 Å². The van der Waals surface area contributed by atoms with Crippen molar-refractivity contribution in [3.8, 4) is 0 Å². The summed E-state index contributed by atoms with van der Waals surface area (Å²) in [5, 5.41) is 3.22. The number of carbonyl (C=O) groups excluding carboxylic acids is 1. The lowest BCUT2D eigenvalue weighted by atomic mass is 10.2. The number of amides is 1. The minimum Gasteiger partial charge on any atom is -0.322 e. The van der Waals surface area contributed by atoms with Gasteiger partial charge in [-0.1, -0.05) is 37.6 Å². The van der Waals surface area contributed by atoms with E-state index in [4.69, 9.17) is 11.6 Å². The van der Waals surface area contributed by atoms with Gasteiger partial charge in [-0.05, 0) is 19.4 Å². The Morgan fingerprint density at radius 1 is 1.53 bits per heavy atom. The molecule has 0 aliphatic carbocycles. The second-order valence-corrected chi connectivity index (χ2v) is 4.14. The maximum Gasteiger partial charge on any atom is 0.256 e. The topological polar surface area (TPSA) is 41.5 Å². The van der Waals surface area contributed by atoms with Crippen LogP contribution >= 0.6 is 11.6 Å². The van der Waals surface area contributed by atoms with Gasteiger partial charge in [0.1, 0.15) is 0 Å². The summed E-state index contributed by atoms with van der Waals surface area (Å²) in [7, 11) is 1.63. The van der Waals surface area contributed by atoms with E-state index in [-0.39, 0.29) is 5.91 Å². The number of hydrogen-bond acceptors (Lipinski definition) is 2. The number of hydrogen-bond donors (Lipinski definition) is 1. The van der Waals surface area contributed by atoms with Gasteiger partial charge in [-0.25, -0.2) is 0 Å². The quantitative estimate of drug-likeness (QED) is 0.442. The molecule has 0 saturated carbocycles. The molecule has 1 amide bonds. The summed E-state index contributed by atoms with van der Waals surface area (Å²) < 4.78 is 0. The molecule has 94 valence electrons. The Kier molecular flexibility index (Phi) is 8.07. The molecule has 3 nitrogen and oxygen atoms in total. The van der Waals surface area contributed by atoms with Gasteiger partial charge in [0.05, 0.1) is 5.57 Å². The fourth-order valence-electron chi connectivity index (χ4n) is 1.14. The highest BCUT2D eigenvalue weighted by Crippen LogP contribution is 2.03. The van der Waals surface area contributed by atoms with Crippen molar-refractivity contribution in [3.05, 3.63) is 35.0 Å². The number of unbranched alkanes of at least 4 members (excludes halogenated alkanes) is 1. The number of nitrogens with one attached hydrogen (secondary N) is 1. The standard InChI is InChI=1S/C13H19ClN2O/c1-5-6-7-12(9-15-4)13(17)16-11(3)8-10(2)14/h7-9H,3,5-6H2,1-2,4H3,(H,16,17). The first-order chi connectivity index (χ1) is 8.01. The third kappa shape index (κ3) is 7.53. The zero-order valence-corrected chi connectivity index (χ0v) is 11.3. The summed E-state index contributed by atoms with van der Waals surface area (Å²) in [6.07, 6.45) is 6.81. The second kappa shape index (κ2) is 8.76. The number of aliphatic imine (C=N–C) groups is 1. The molecular weight excluding hydrogens is 236 g/mol. The Hall–Kier alpha value is -1.35. The van der Waals surface area contributed by atoms with Crippen LogP contribution in [-0.2, 0) is 4.79 Å². The van der Waals surface area contributed by atoms with Gasteiger partial charge >= 0.3 is 0 Å². The molecule has 0 atom stereocenters. The minimum absolute atomic E-state index is 0.219. The highest BCUT2D eigenvalue weighted by Gasteiger charge is 2.06. The van der Waals surface area contributed by atoms with Crippen LogP contribution < -0.4 is 5.32 Å². The molecule has 0 aromatic carbocycles. The van der Waals surface area contributed by atoms with Gasteiger partial charge in [0, 0.05) is 24.0 Å². The number of allylic oxidation sites excluding steroid dienone is 3. The second-order valence-electron chi connectivity index (χ2n) is 3.55. The molecule has 0 radical (unpaired) electrons. The Morgan fingerprint density at radius 2 is 2.18 bits per heavy atom. The van der Waals surface area contributed by atoms with Gasteiger partial charge in [0.25, 0.3) is 5.91 Å². The van der Waals surface area contributed by atoms with Crippen molar-refractivity contribution in [2.75, 3.05) is 7.05 Å². The van der Waals surface area contributed by atoms with E-state index in [9.17, 15) is 4.79 Å². The molecule has 0 heterocycles. The lowest BCUT2D eigenvalue weighted by molar-refractivity contribution is -0.116. The number of rotatable bonds is 6. The van der Waals surface area contributed by atoms with Crippen LogP contribution in [0.5, 0.6) is 0 Å². The van der Waals surface area contributed by atoms with E-state index in [2.05, 4.69) is 16.9 Å². The first kappa shape index (κ1) is 15.7. The van der Waals surface area contributed by atoms with Crippen molar-refractivity contribution in [2.24, 2.45) is 4.99 Å². The molecule has 0 fully saturated rings. The summed E-state index contributed by atoms with van der Waals surface area (Å²) in [5.41, 5.74) is 1.01. The number of nitrogens with zero attached hydrogens (tertiary/aromatic N) is 1. The Morgan fingerprint density at radius 3 is 2.65 bits per heavy atom. The first-order valence-electron chi connectivity index (χ1n) is 5.47. The van der Waals surface area contributed by atoms with Crippen LogP contribution in [-0.4, -0.2) is 19.2 Å². The monoisotopic (exact) mass is 254 g/mol. The molecule has 1 N–H and O–H groups in total. The lowest BCUT2D eigenvalue weighted by Gasteiger charge is -2.05. The average Bonchev–Trinajstić information content (AvgIpc) is 2.22. The van der Waals surface area contributed by atoms with Crippen LogP contribution in [0.2, 0.25) is 0 Å². The van der Waals surface area contributed by atoms with E-state index in [0.29, 0.717) is 16.3 Å². The van der Waals surface area contributed by atoms with E-state index in [1.807, 2.05) is 13.0 Å². The van der Waals surface area contributed by atoms with Crippen LogP contribution in [0.3, 0.4) is 0 Å². The normalized spacial score (nSPS) is 12.9. The van der Waals surface area contributed by atoms with Crippen LogP contribution in [0.25, 0.3) is 0 Å². The van der Waals surface area contributed by atoms with Gasteiger partial charge in [-0.15, -0.1) is 0 Å². The summed E-state index contributed by atoms with van der Waals surface area (Å²) in [5.74, 6) is -0.219. The number of carbonyl (C=O) groups is 1. The molecular formula is C13H19ClN2O. The molecule has 0 aliphatic heterocycles. The van der Waals surface area contributed by atoms with Crippen molar-refractivity contribution in [1.29, 1.82) is 0 Å². The van der Waals surface area contributed by atoms with Crippen molar-refractivity contribution < 1.29 is 4.79 Å². The van der Waals surface area contributed by atoms with Gasteiger partial charge in [-0.3, -0.25) is 9.79 Å². The van der Waals surface area contributed by atoms with E-state index in [1.54, 1.807) is 20.0 Å². The van der Waals surface area contributed by atoms with Crippen LogP contribution in [0.4, 0.5) is 0 Å². The summed E-state index contributed by atoms with van der Waals surface area (Å²) in [4.78, 5) is 15.7. The van der Waals surface area contributed by atoms with E-state index in [0.717, 1.165) is 12.8 Å². The molecule has 17 heavy (non-hydrogen) atoms. The van der Waals surface area contributed by atoms with Crippen molar-refractivity contribution in [1.82, 2.24) is 5.32 Å². The predicted molar refractivity (Wildman–Crippen MR) is 74.3 cm³/mol. The summed E-state index contributed by atoms with van der Waals surface area (Å²) >= 11 is 5.69. The highest BCUT2D eigenvalue weighted by molar-refractivity contribution is 6.29. The largest absolute Gasteiger partial charge is 0.322 e. The zero-order valence-electron chi connectivity index (χ0n) is 10.6. The SMILES string of the molecule is C=C(C=C(C)Cl)NC(=O)C(C=NC)=CCCC. The summed E-state index contributed by atoms with van der Waals surface area (Å²) in [6, 6.07) is 0. The smallest absolute Gasteiger partial charge is 0.256 e. The number of halogens is 1. The Bertz CT molecular complexity index is 364. The molecule has 0 aliphatic rings. The molecule has 0 spiro atoms. The molecule has 4 heteroatoms. The van der Waals surface area contributed by atoms with Crippen molar-refractivity contribution in [2.45, 2.75) is 26.7 Å². The third-order valence-electron chi connectivity index (χ3n) is 1.83.